The number of hydrogen-bond donors (Lipinski definition) is 0. The number of carbonyl (C=O) groups excluding carboxylic acids is 1. The fourth-order valence-electron chi connectivity index (χ4n) is 3.39. The molecule has 10 heteroatoms. The molecule has 0 N–H and O–H groups in total. The SMILES string of the molecule is CN(C(=O)Cn1c(=O)n(C)c(=O)c2sc(N3CCCC3)nc21)c1cccc(Cl)c1. The molecule has 8 nitrogen and oxygen atoms in total. The van der Waals surface area contributed by atoms with Gasteiger partial charge in [0.2, 0.25) is 5.91 Å². The Kier molecular flexibility index (Phi) is 5.18. The largest absolute Gasteiger partial charge is 0.348 e. The van der Waals surface area contributed by atoms with Crippen LogP contribution in [0.2, 0.25) is 5.02 Å². The number of carbonyl (C=O) groups is 1. The minimum absolute atomic E-state index is 0.227. The van der Waals surface area contributed by atoms with Crippen molar-refractivity contribution >= 4 is 50.0 Å². The van der Waals surface area contributed by atoms with Gasteiger partial charge in [-0.2, -0.15) is 0 Å². The van der Waals surface area contributed by atoms with E-state index in [1.807, 2.05) is 0 Å². The Hall–Kier alpha value is -2.65. The number of likely N-dealkylation sites (N-methyl/N-ethyl adjacent to an activating group) is 1. The van der Waals surface area contributed by atoms with E-state index in [0.717, 1.165) is 30.5 Å². The highest BCUT2D eigenvalue weighted by molar-refractivity contribution is 7.22. The second-order valence-corrected chi connectivity index (χ2v) is 8.42. The third-order valence-electron chi connectivity index (χ3n) is 5.11. The van der Waals surface area contributed by atoms with E-state index in [1.54, 1.807) is 31.3 Å². The molecule has 0 atom stereocenters. The Bertz CT molecular complexity index is 1210. The molecule has 3 aromatic rings. The Morgan fingerprint density at radius 3 is 2.69 bits per heavy atom. The minimum atomic E-state index is -0.561. The van der Waals surface area contributed by atoms with E-state index >= 15 is 0 Å². The fraction of sp³-hybridized carbons (Fsp3) is 0.368. The third-order valence-corrected chi connectivity index (χ3v) is 6.44. The third kappa shape index (κ3) is 3.56. The van der Waals surface area contributed by atoms with Crippen LogP contribution in [-0.4, -0.2) is 40.2 Å². The number of anilines is 2. The summed E-state index contributed by atoms with van der Waals surface area (Å²) in [6, 6.07) is 6.91. The van der Waals surface area contributed by atoms with E-state index in [-0.39, 0.29) is 23.7 Å². The molecule has 1 aromatic carbocycles. The van der Waals surface area contributed by atoms with Gasteiger partial charge in [-0.3, -0.25) is 18.7 Å². The van der Waals surface area contributed by atoms with Gasteiger partial charge in [0.15, 0.2) is 10.8 Å². The average molecular weight is 434 g/mol. The molecule has 3 heterocycles. The van der Waals surface area contributed by atoms with Crippen LogP contribution in [0.5, 0.6) is 0 Å². The number of hydrogen-bond acceptors (Lipinski definition) is 6. The van der Waals surface area contributed by atoms with Crippen molar-refractivity contribution in [2.45, 2.75) is 19.4 Å². The van der Waals surface area contributed by atoms with Crippen molar-refractivity contribution in [1.29, 1.82) is 0 Å². The summed E-state index contributed by atoms with van der Waals surface area (Å²) in [7, 11) is 3.04. The lowest BCUT2D eigenvalue weighted by Crippen LogP contribution is -2.41. The molecule has 0 aliphatic carbocycles. The van der Waals surface area contributed by atoms with E-state index in [0.29, 0.717) is 20.5 Å². The molecule has 0 spiro atoms. The molecule has 1 saturated heterocycles. The number of rotatable bonds is 4. The molecular weight excluding hydrogens is 414 g/mol. The maximum Gasteiger partial charge on any atom is 0.332 e. The number of fused-ring (bicyclic) bond motifs is 1. The van der Waals surface area contributed by atoms with Gasteiger partial charge in [0.05, 0.1) is 0 Å². The first-order valence-corrected chi connectivity index (χ1v) is 10.4. The van der Waals surface area contributed by atoms with Crippen LogP contribution in [0.1, 0.15) is 12.8 Å². The fourth-order valence-corrected chi connectivity index (χ4v) is 4.67. The van der Waals surface area contributed by atoms with Crippen LogP contribution in [0.4, 0.5) is 10.8 Å². The van der Waals surface area contributed by atoms with E-state index in [2.05, 4.69) is 9.88 Å². The first-order chi connectivity index (χ1) is 13.9. The van der Waals surface area contributed by atoms with Gasteiger partial charge < -0.3 is 9.80 Å². The van der Waals surface area contributed by atoms with Crippen LogP contribution in [0, 0.1) is 0 Å². The Balaban J connectivity index is 1.75. The van der Waals surface area contributed by atoms with Crippen molar-refractivity contribution in [2.75, 3.05) is 29.9 Å². The Morgan fingerprint density at radius 1 is 1.28 bits per heavy atom. The highest BCUT2D eigenvalue weighted by Crippen LogP contribution is 2.28. The van der Waals surface area contributed by atoms with Crippen molar-refractivity contribution in [3.05, 3.63) is 50.1 Å². The number of halogens is 1. The van der Waals surface area contributed by atoms with Crippen LogP contribution < -0.4 is 21.0 Å². The van der Waals surface area contributed by atoms with Gasteiger partial charge in [0.25, 0.3) is 5.56 Å². The predicted molar refractivity (Wildman–Crippen MR) is 115 cm³/mol. The van der Waals surface area contributed by atoms with E-state index in [9.17, 15) is 14.4 Å². The Morgan fingerprint density at radius 2 is 2.00 bits per heavy atom. The minimum Gasteiger partial charge on any atom is -0.348 e. The van der Waals surface area contributed by atoms with Gasteiger partial charge in [-0.15, -0.1) is 0 Å². The van der Waals surface area contributed by atoms with E-state index in [1.165, 1.54) is 27.9 Å². The van der Waals surface area contributed by atoms with E-state index in [4.69, 9.17) is 11.6 Å². The van der Waals surface area contributed by atoms with Crippen molar-refractivity contribution in [3.63, 3.8) is 0 Å². The molecule has 1 amide bonds. The van der Waals surface area contributed by atoms with Gasteiger partial charge in [-0.05, 0) is 31.0 Å². The first kappa shape index (κ1) is 19.7. The highest BCUT2D eigenvalue weighted by atomic mass is 35.5. The molecule has 29 heavy (non-hydrogen) atoms. The molecule has 1 aliphatic heterocycles. The lowest BCUT2D eigenvalue weighted by molar-refractivity contribution is -0.118. The lowest BCUT2D eigenvalue weighted by atomic mass is 10.3. The van der Waals surface area contributed by atoms with Gasteiger partial charge in [0, 0.05) is 37.9 Å². The zero-order valence-corrected chi connectivity index (χ0v) is 17.7. The summed E-state index contributed by atoms with van der Waals surface area (Å²) in [5.74, 6) is -0.315. The van der Waals surface area contributed by atoms with Crippen molar-refractivity contribution in [3.8, 4) is 0 Å². The standard InChI is InChI=1S/C19H20ClN5O3S/c1-22(13-7-5-6-12(20)10-13)14(26)11-25-16-15(17(27)23(2)19(25)28)29-18(21-16)24-8-3-4-9-24/h5-7,10H,3-4,8-9,11H2,1-2H3. The van der Waals surface area contributed by atoms with E-state index < -0.39 is 5.69 Å². The smallest absolute Gasteiger partial charge is 0.332 e. The average Bonchev–Trinajstić information content (AvgIpc) is 3.38. The van der Waals surface area contributed by atoms with Gasteiger partial charge >= 0.3 is 5.69 Å². The van der Waals surface area contributed by atoms with Gasteiger partial charge in [-0.1, -0.05) is 29.0 Å². The van der Waals surface area contributed by atoms with Crippen LogP contribution in [0.25, 0.3) is 10.3 Å². The molecule has 2 aromatic heterocycles. The summed E-state index contributed by atoms with van der Waals surface area (Å²) in [6.45, 7) is 1.53. The van der Waals surface area contributed by atoms with Gasteiger partial charge in [-0.25, -0.2) is 9.78 Å². The number of thiazole rings is 1. The van der Waals surface area contributed by atoms with Crippen molar-refractivity contribution in [1.82, 2.24) is 14.1 Å². The van der Waals surface area contributed by atoms with Crippen LogP contribution in [0.15, 0.2) is 33.9 Å². The van der Waals surface area contributed by atoms with Crippen LogP contribution >= 0.6 is 22.9 Å². The summed E-state index contributed by atoms with van der Waals surface area (Å²) in [5.41, 5.74) is -0.0704. The molecule has 0 saturated carbocycles. The topological polar surface area (TPSA) is 80.4 Å². The summed E-state index contributed by atoms with van der Waals surface area (Å²) in [6.07, 6.45) is 2.15. The summed E-state index contributed by atoms with van der Waals surface area (Å²) in [4.78, 5) is 46.4. The van der Waals surface area contributed by atoms with Crippen LogP contribution in [0.3, 0.4) is 0 Å². The number of benzene rings is 1. The monoisotopic (exact) mass is 433 g/mol. The molecule has 0 radical (unpaired) electrons. The quantitative estimate of drug-likeness (QED) is 0.629. The maximum atomic E-state index is 12.9. The second kappa shape index (κ2) is 7.64. The molecule has 0 unspecified atom stereocenters. The lowest BCUT2D eigenvalue weighted by Gasteiger charge is -2.18. The molecule has 1 fully saturated rings. The number of amides is 1. The van der Waals surface area contributed by atoms with Crippen LogP contribution in [-0.2, 0) is 18.4 Å². The normalized spacial score (nSPS) is 14.0. The first-order valence-electron chi connectivity index (χ1n) is 9.24. The second-order valence-electron chi connectivity index (χ2n) is 7.01. The molecular formula is C19H20ClN5O3S. The molecule has 1 aliphatic rings. The van der Waals surface area contributed by atoms with Gasteiger partial charge in [0.1, 0.15) is 11.2 Å². The Labute approximate surface area is 175 Å². The predicted octanol–water partition coefficient (Wildman–Crippen LogP) is 2.07. The highest BCUT2D eigenvalue weighted by Gasteiger charge is 2.23. The summed E-state index contributed by atoms with van der Waals surface area (Å²) in [5, 5.41) is 1.23. The zero-order chi connectivity index (χ0) is 20.7. The molecule has 152 valence electrons. The van der Waals surface area contributed by atoms with Crippen molar-refractivity contribution < 1.29 is 4.79 Å². The molecule has 4 rings (SSSR count). The number of aromatic nitrogens is 3. The maximum absolute atomic E-state index is 12.9. The van der Waals surface area contributed by atoms with Crippen molar-refractivity contribution in [2.24, 2.45) is 7.05 Å². The number of nitrogens with zero attached hydrogens (tertiary/aromatic N) is 5. The molecule has 0 bridgehead atoms. The summed E-state index contributed by atoms with van der Waals surface area (Å²) >= 11 is 7.29. The summed E-state index contributed by atoms with van der Waals surface area (Å²) < 4.78 is 2.68. The zero-order valence-electron chi connectivity index (χ0n) is 16.1.